The summed E-state index contributed by atoms with van der Waals surface area (Å²) in [7, 11) is 0. The second-order valence-electron chi connectivity index (χ2n) is 5.42. The number of carbonyl (C=O) groups is 1. The molecule has 6 nitrogen and oxygen atoms in total. The van der Waals surface area contributed by atoms with E-state index in [0.717, 1.165) is 32.5 Å². The monoisotopic (exact) mass is 278 g/mol. The van der Waals surface area contributed by atoms with Gasteiger partial charge in [0.1, 0.15) is 5.56 Å². The Kier molecular flexibility index (Phi) is 3.91. The lowest BCUT2D eigenvalue weighted by molar-refractivity contribution is 0.0935. The molecule has 3 rings (SSSR count). The number of rotatable bonds is 4. The number of ether oxygens (including phenoxy) is 1. The molecule has 0 aromatic carbocycles. The smallest absolute Gasteiger partial charge is 0.258 e. The van der Waals surface area contributed by atoms with Crippen molar-refractivity contribution in [3.63, 3.8) is 0 Å². The van der Waals surface area contributed by atoms with Crippen LogP contribution in [0.25, 0.3) is 0 Å². The molecule has 1 amide bonds. The predicted octanol–water partition coefficient (Wildman–Crippen LogP) is 0.880. The zero-order chi connectivity index (χ0) is 13.9. The highest BCUT2D eigenvalue weighted by Crippen LogP contribution is 2.22. The molecule has 0 radical (unpaired) electrons. The molecule has 0 saturated carbocycles. The molecule has 110 valence electrons. The maximum atomic E-state index is 12.3. The van der Waals surface area contributed by atoms with Crippen LogP contribution in [0.5, 0.6) is 5.88 Å². The van der Waals surface area contributed by atoms with Crippen molar-refractivity contribution < 1.29 is 9.53 Å². The van der Waals surface area contributed by atoms with Gasteiger partial charge in [-0.3, -0.25) is 9.69 Å². The van der Waals surface area contributed by atoms with Crippen molar-refractivity contribution in [2.24, 2.45) is 0 Å². The lowest BCUT2D eigenvalue weighted by Gasteiger charge is -2.23. The van der Waals surface area contributed by atoms with Crippen LogP contribution in [0.3, 0.4) is 0 Å². The average Bonchev–Trinajstić information content (AvgIpc) is 3.11. The fourth-order valence-electron chi connectivity index (χ4n) is 3.07. The van der Waals surface area contributed by atoms with Gasteiger partial charge >= 0.3 is 0 Å². The summed E-state index contributed by atoms with van der Waals surface area (Å²) in [5.41, 5.74) is 0.561. The van der Waals surface area contributed by atoms with E-state index in [1.165, 1.54) is 6.42 Å². The first-order valence-corrected chi connectivity index (χ1v) is 7.50. The van der Waals surface area contributed by atoms with Crippen LogP contribution in [0.1, 0.15) is 36.5 Å². The van der Waals surface area contributed by atoms with Gasteiger partial charge in [-0.25, -0.2) is 4.68 Å². The third kappa shape index (κ3) is 2.52. The number of hydrogen-bond acceptors (Lipinski definition) is 4. The molecule has 1 fully saturated rings. The van der Waals surface area contributed by atoms with Gasteiger partial charge in [-0.2, -0.15) is 5.10 Å². The van der Waals surface area contributed by atoms with E-state index in [9.17, 15) is 4.79 Å². The van der Waals surface area contributed by atoms with Crippen molar-refractivity contribution >= 4 is 5.91 Å². The van der Waals surface area contributed by atoms with Gasteiger partial charge in [-0.05, 0) is 25.9 Å². The lowest BCUT2D eigenvalue weighted by atomic mass is 10.2. The van der Waals surface area contributed by atoms with Gasteiger partial charge in [-0.1, -0.05) is 6.92 Å². The Labute approximate surface area is 119 Å². The van der Waals surface area contributed by atoms with Crippen LogP contribution in [-0.2, 0) is 6.54 Å². The Bertz CT molecular complexity index is 486. The zero-order valence-corrected chi connectivity index (χ0v) is 12.0. The number of carbonyl (C=O) groups excluding carboxylic acids is 1. The van der Waals surface area contributed by atoms with Gasteiger partial charge in [0, 0.05) is 25.6 Å². The molecule has 3 heterocycles. The maximum absolute atomic E-state index is 12.3. The Morgan fingerprint density at radius 2 is 2.40 bits per heavy atom. The molecule has 0 bridgehead atoms. The first kappa shape index (κ1) is 13.4. The van der Waals surface area contributed by atoms with Gasteiger partial charge in [0.05, 0.1) is 12.8 Å². The van der Waals surface area contributed by atoms with Crippen molar-refractivity contribution in [1.82, 2.24) is 20.0 Å². The molecule has 2 aliphatic heterocycles. The quantitative estimate of drug-likeness (QED) is 0.888. The van der Waals surface area contributed by atoms with Gasteiger partial charge in [-0.15, -0.1) is 0 Å². The summed E-state index contributed by atoms with van der Waals surface area (Å²) in [4.78, 5) is 14.7. The van der Waals surface area contributed by atoms with Crippen LogP contribution in [0, 0.1) is 0 Å². The van der Waals surface area contributed by atoms with Crippen LogP contribution in [0.4, 0.5) is 0 Å². The number of amides is 1. The first-order chi connectivity index (χ1) is 9.79. The van der Waals surface area contributed by atoms with Crippen LogP contribution in [0.15, 0.2) is 6.20 Å². The van der Waals surface area contributed by atoms with Crippen molar-refractivity contribution in [1.29, 1.82) is 0 Å². The van der Waals surface area contributed by atoms with Crippen LogP contribution in [0.2, 0.25) is 0 Å². The third-order valence-electron chi connectivity index (χ3n) is 4.19. The number of aromatic nitrogens is 2. The Hall–Kier alpha value is -1.56. The van der Waals surface area contributed by atoms with Gasteiger partial charge in [0.2, 0.25) is 5.88 Å². The second kappa shape index (κ2) is 5.83. The van der Waals surface area contributed by atoms with Crippen molar-refractivity contribution in [3.8, 4) is 5.88 Å². The second-order valence-corrected chi connectivity index (χ2v) is 5.42. The Balaban J connectivity index is 1.61. The number of likely N-dealkylation sites (N-methyl/N-ethyl adjacent to an activating group) is 1. The number of likely N-dealkylation sites (tertiary alicyclic amines) is 1. The summed E-state index contributed by atoms with van der Waals surface area (Å²) in [6.45, 7) is 6.56. The largest absolute Gasteiger partial charge is 0.477 e. The van der Waals surface area contributed by atoms with Crippen LogP contribution in [-0.4, -0.2) is 52.9 Å². The molecule has 1 saturated heterocycles. The summed E-state index contributed by atoms with van der Waals surface area (Å²) >= 11 is 0. The number of aryl methyl sites for hydroxylation is 1. The average molecular weight is 278 g/mol. The first-order valence-electron chi connectivity index (χ1n) is 7.50. The Morgan fingerprint density at radius 3 is 3.25 bits per heavy atom. The summed E-state index contributed by atoms with van der Waals surface area (Å²) in [5, 5.41) is 7.24. The zero-order valence-electron chi connectivity index (χ0n) is 12.0. The molecule has 1 atom stereocenters. The maximum Gasteiger partial charge on any atom is 0.258 e. The molecule has 2 aliphatic rings. The van der Waals surface area contributed by atoms with E-state index in [-0.39, 0.29) is 5.91 Å². The molecule has 6 heteroatoms. The minimum atomic E-state index is -0.0731. The normalized spacial score (nSPS) is 22.4. The number of nitrogens with zero attached hydrogens (tertiary/aromatic N) is 3. The van der Waals surface area contributed by atoms with E-state index in [1.807, 2.05) is 0 Å². The lowest BCUT2D eigenvalue weighted by Crippen LogP contribution is -2.40. The molecule has 20 heavy (non-hydrogen) atoms. The third-order valence-corrected chi connectivity index (χ3v) is 4.19. The topological polar surface area (TPSA) is 59.4 Å². The Morgan fingerprint density at radius 1 is 1.50 bits per heavy atom. The van der Waals surface area contributed by atoms with Gasteiger partial charge in [0.25, 0.3) is 5.91 Å². The van der Waals surface area contributed by atoms with E-state index in [2.05, 4.69) is 22.2 Å². The minimum Gasteiger partial charge on any atom is -0.477 e. The van der Waals surface area contributed by atoms with E-state index in [0.29, 0.717) is 30.6 Å². The highest BCUT2D eigenvalue weighted by Gasteiger charge is 2.25. The number of nitrogens with one attached hydrogen (secondary N) is 1. The molecular formula is C14H22N4O2. The molecule has 0 unspecified atom stereocenters. The summed E-state index contributed by atoms with van der Waals surface area (Å²) in [5.74, 6) is 0.545. The van der Waals surface area contributed by atoms with Crippen molar-refractivity contribution in [2.45, 2.75) is 38.8 Å². The molecular weight excluding hydrogens is 256 g/mol. The van der Waals surface area contributed by atoms with Crippen LogP contribution >= 0.6 is 0 Å². The highest BCUT2D eigenvalue weighted by atomic mass is 16.5. The van der Waals surface area contributed by atoms with Crippen molar-refractivity contribution in [3.05, 3.63) is 11.8 Å². The predicted molar refractivity (Wildman–Crippen MR) is 74.9 cm³/mol. The van der Waals surface area contributed by atoms with E-state index in [1.54, 1.807) is 10.9 Å². The fourth-order valence-corrected chi connectivity index (χ4v) is 3.07. The molecule has 0 aliphatic carbocycles. The SMILES string of the molecule is CCN1CCC[C@@H]1CNC(=O)c1cnn2c1OCCC2. The van der Waals surface area contributed by atoms with Crippen LogP contribution < -0.4 is 10.1 Å². The summed E-state index contributed by atoms with van der Waals surface area (Å²) in [6, 6.07) is 0.469. The fraction of sp³-hybridized carbons (Fsp3) is 0.714. The highest BCUT2D eigenvalue weighted by molar-refractivity contribution is 5.96. The number of fused-ring (bicyclic) bond motifs is 1. The minimum absolute atomic E-state index is 0.0731. The van der Waals surface area contributed by atoms with E-state index < -0.39 is 0 Å². The van der Waals surface area contributed by atoms with E-state index >= 15 is 0 Å². The summed E-state index contributed by atoms with van der Waals surface area (Å²) < 4.78 is 7.33. The summed E-state index contributed by atoms with van der Waals surface area (Å²) in [6.07, 6.45) is 4.95. The van der Waals surface area contributed by atoms with Gasteiger partial charge in [0.15, 0.2) is 0 Å². The van der Waals surface area contributed by atoms with E-state index in [4.69, 9.17) is 4.74 Å². The standard InChI is InChI=1S/C14H22N4O2/c1-2-17-6-3-5-11(17)9-15-13(19)12-10-16-18-7-4-8-20-14(12)18/h10-11H,2-9H2,1H3,(H,15,19)/t11-/m1/s1. The molecule has 1 N–H and O–H groups in total. The number of hydrogen-bond donors (Lipinski definition) is 1. The van der Waals surface area contributed by atoms with Crippen molar-refractivity contribution in [2.75, 3.05) is 26.2 Å². The molecule has 1 aromatic rings. The molecule has 1 aromatic heterocycles. The van der Waals surface area contributed by atoms with Gasteiger partial charge < -0.3 is 10.1 Å². The molecule has 0 spiro atoms.